The highest BCUT2D eigenvalue weighted by molar-refractivity contribution is 8.13. The molecule has 2 saturated heterocycles. The van der Waals surface area contributed by atoms with Crippen LogP contribution in [0, 0.1) is 0 Å². The zero-order valence-corrected chi connectivity index (χ0v) is 14.9. The molecule has 0 aliphatic carbocycles. The Labute approximate surface area is 151 Å². The van der Waals surface area contributed by atoms with E-state index in [1.807, 2.05) is 29.2 Å². The van der Waals surface area contributed by atoms with Crippen LogP contribution in [0.15, 0.2) is 24.3 Å². The lowest BCUT2D eigenvalue weighted by Gasteiger charge is -2.32. The first-order valence-electron chi connectivity index (χ1n) is 8.85. The molecule has 1 aromatic carbocycles. The third-order valence-corrected chi connectivity index (χ3v) is 5.90. The van der Waals surface area contributed by atoms with Gasteiger partial charge in [0.25, 0.3) is 5.24 Å². The monoisotopic (exact) mass is 358 g/mol. The van der Waals surface area contributed by atoms with E-state index in [0.29, 0.717) is 19.5 Å². The number of carbonyl (C=O) groups is 2. The summed E-state index contributed by atoms with van der Waals surface area (Å²) in [5.41, 5.74) is 2.02. The van der Waals surface area contributed by atoms with Gasteiger partial charge in [-0.3, -0.25) is 9.59 Å². The fraction of sp³-hybridized carbons (Fsp3) is 0.500. The molecule has 2 aliphatic rings. The Balaban J connectivity index is 1.38. The first-order valence-corrected chi connectivity index (χ1v) is 9.83. The van der Waals surface area contributed by atoms with Crippen molar-refractivity contribution in [3.05, 3.63) is 30.1 Å². The molecule has 2 aliphatic heterocycles. The molecule has 7 heteroatoms. The van der Waals surface area contributed by atoms with Crippen molar-refractivity contribution in [1.82, 2.24) is 19.8 Å². The van der Waals surface area contributed by atoms with Crippen molar-refractivity contribution < 1.29 is 9.59 Å². The van der Waals surface area contributed by atoms with E-state index in [9.17, 15) is 9.59 Å². The topological polar surface area (TPSA) is 69.3 Å². The summed E-state index contributed by atoms with van der Waals surface area (Å²) in [6.45, 7) is 2.81. The van der Waals surface area contributed by atoms with Crippen LogP contribution in [-0.4, -0.2) is 62.8 Å². The van der Waals surface area contributed by atoms with Crippen molar-refractivity contribution in [3.8, 4) is 0 Å². The Kier molecular flexibility index (Phi) is 4.65. The molecule has 132 valence electrons. The number of nitrogens with zero attached hydrogens (tertiary/aromatic N) is 3. The first-order chi connectivity index (χ1) is 12.2. The average molecular weight is 358 g/mol. The number of aromatic nitrogens is 2. The van der Waals surface area contributed by atoms with Crippen molar-refractivity contribution in [2.75, 3.05) is 31.9 Å². The Morgan fingerprint density at radius 3 is 3.00 bits per heavy atom. The second kappa shape index (κ2) is 7.07. The van der Waals surface area contributed by atoms with Crippen LogP contribution in [-0.2, 0) is 4.79 Å². The molecule has 6 nitrogen and oxygen atoms in total. The maximum Gasteiger partial charge on any atom is 0.281 e. The van der Waals surface area contributed by atoms with Gasteiger partial charge in [-0.25, -0.2) is 4.98 Å². The van der Waals surface area contributed by atoms with Crippen molar-refractivity contribution in [3.63, 3.8) is 0 Å². The number of aromatic amines is 1. The number of amides is 2. The number of thioether (sulfide) groups is 1. The Bertz CT molecular complexity index is 757. The maximum atomic E-state index is 12.6. The lowest BCUT2D eigenvalue weighted by atomic mass is 9.97. The Morgan fingerprint density at radius 1 is 1.32 bits per heavy atom. The quantitative estimate of drug-likeness (QED) is 0.912. The fourth-order valence-corrected chi connectivity index (χ4v) is 4.46. The summed E-state index contributed by atoms with van der Waals surface area (Å²) < 4.78 is 0. The van der Waals surface area contributed by atoms with Gasteiger partial charge in [0.2, 0.25) is 5.91 Å². The first kappa shape index (κ1) is 16.4. The van der Waals surface area contributed by atoms with Crippen molar-refractivity contribution >= 4 is 33.9 Å². The van der Waals surface area contributed by atoms with Gasteiger partial charge in [0, 0.05) is 44.3 Å². The molecule has 2 aromatic rings. The van der Waals surface area contributed by atoms with E-state index in [1.165, 1.54) is 11.8 Å². The van der Waals surface area contributed by atoms with E-state index < -0.39 is 0 Å². The lowest BCUT2D eigenvalue weighted by Crippen LogP contribution is -2.40. The van der Waals surface area contributed by atoms with Gasteiger partial charge in [-0.05, 0) is 25.0 Å². The van der Waals surface area contributed by atoms with Crippen LogP contribution in [0.25, 0.3) is 11.0 Å². The molecule has 0 spiro atoms. The van der Waals surface area contributed by atoms with E-state index in [-0.39, 0.29) is 17.1 Å². The minimum absolute atomic E-state index is 0.103. The molecular formula is C18H22N4O2S. The van der Waals surface area contributed by atoms with Crippen LogP contribution in [0.4, 0.5) is 4.79 Å². The molecule has 3 heterocycles. The fourth-order valence-electron chi connectivity index (χ4n) is 3.61. The van der Waals surface area contributed by atoms with E-state index in [0.717, 1.165) is 48.5 Å². The van der Waals surface area contributed by atoms with Gasteiger partial charge in [0.05, 0.1) is 11.0 Å². The molecular weight excluding hydrogens is 336 g/mol. The zero-order chi connectivity index (χ0) is 17.2. The summed E-state index contributed by atoms with van der Waals surface area (Å²) in [4.78, 5) is 36.0. The average Bonchev–Trinajstić information content (AvgIpc) is 3.25. The van der Waals surface area contributed by atoms with E-state index >= 15 is 0 Å². The van der Waals surface area contributed by atoms with Gasteiger partial charge in [0.1, 0.15) is 5.82 Å². The number of fused-ring (bicyclic) bond motifs is 1. The number of nitrogens with one attached hydrogen (secondary N) is 1. The van der Waals surface area contributed by atoms with Crippen molar-refractivity contribution in [2.24, 2.45) is 0 Å². The molecule has 0 bridgehead atoms. The van der Waals surface area contributed by atoms with Crippen molar-refractivity contribution in [1.29, 1.82) is 0 Å². The van der Waals surface area contributed by atoms with Crippen molar-refractivity contribution in [2.45, 2.75) is 25.2 Å². The third kappa shape index (κ3) is 3.51. The van der Waals surface area contributed by atoms with Gasteiger partial charge in [-0.15, -0.1) is 0 Å². The highest BCUT2D eigenvalue weighted by Gasteiger charge is 2.28. The molecule has 25 heavy (non-hydrogen) atoms. The third-order valence-electron chi connectivity index (χ3n) is 5.01. The normalized spacial score (nSPS) is 21.3. The number of piperidine rings is 1. The van der Waals surface area contributed by atoms with Gasteiger partial charge in [-0.2, -0.15) is 0 Å². The largest absolute Gasteiger partial charge is 0.342 e. The second-order valence-electron chi connectivity index (χ2n) is 6.67. The highest BCUT2D eigenvalue weighted by atomic mass is 32.2. The van der Waals surface area contributed by atoms with Gasteiger partial charge >= 0.3 is 0 Å². The number of H-pyrrole nitrogens is 1. The SMILES string of the molecule is O=C(CCN1CCSC1=O)N1CCCC(c2nc3ccccc3[nH]2)C1. The molecule has 0 saturated carbocycles. The molecule has 1 atom stereocenters. The Hall–Kier alpha value is -2.02. The summed E-state index contributed by atoms with van der Waals surface area (Å²) in [6, 6.07) is 8.02. The number of carbonyl (C=O) groups excluding carboxylic acids is 2. The summed E-state index contributed by atoms with van der Waals surface area (Å²) in [7, 11) is 0. The molecule has 2 amide bonds. The van der Waals surface area contributed by atoms with Crippen LogP contribution in [0.2, 0.25) is 0 Å². The number of hydrogen-bond acceptors (Lipinski definition) is 4. The zero-order valence-electron chi connectivity index (χ0n) is 14.1. The molecule has 0 radical (unpaired) electrons. The predicted octanol–water partition coefficient (Wildman–Crippen LogP) is 2.83. The number of likely N-dealkylation sites (tertiary alicyclic amines) is 1. The second-order valence-corrected chi connectivity index (χ2v) is 7.72. The van der Waals surface area contributed by atoms with Crippen LogP contribution in [0.3, 0.4) is 0 Å². The minimum atomic E-state index is 0.103. The summed E-state index contributed by atoms with van der Waals surface area (Å²) in [6.07, 6.45) is 2.45. The number of hydrogen-bond donors (Lipinski definition) is 1. The standard InChI is InChI=1S/C18H22N4O2S/c23-16(7-9-21-10-11-25-18(21)24)22-8-3-4-13(12-22)17-19-14-5-1-2-6-15(14)20-17/h1-2,5-6,13H,3-4,7-12H2,(H,19,20). The maximum absolute atomic E-state index is 12.6. The number of benzene rings is 1. The summed E-state index contributed by atoms with van der Waals surface area (Å²) >= 11 is 1.34. The summed E-state index contributed by atoms with van der Waals surface area (Å²) in [5.74, 6) is 2.22. The van der Waals surface area contributed by atoms with Gasteiger partial charge in [-0.1, -0.05) is 23.9 Å². The van der Waals surface area contributed by atoms with E-state index in [2.05, 4.69) is 4.98 Å². The number of para-hydroxylation sites is 2. The van der Waals surface area contributed by atoms with E-state index in [4.69, 9.17) is 4.98 Å². The summed E-state index contributed by atoms with van der Waals surface area (Å²) in [5, 5.41) is 0.103. The van der Waals surface area contributed by atoms with Crippen LogP contribution < -0.4 is 0 Å². The Morgan fingerprint density at radius 2 is 2.20 bits per heavy atom. The molecule has 2 fully saturated rings. The van der Waals surface area contributed by atoms with Crippen LogP contribution in [0.5, 0.6) is 0 Å². The molecule has 1 aromatic heterocycles. The molecule has 1 unspecified atom stereocenters. The van der Waals surface area contributed by atoms with Gasteiger partial charge < -0.3 is 14.8 Å². The lowest BCUT2D eigenvalue weighted by molar-refractivity contribution is -0.132. The predicted molar refractivity (Wildman–Crippen MR) is 98.7 cm³/mol. The molecule has 4 rings (SSSR count). The van der Waals surface area contributed by atoms with Crippen LogP contribution in [0.1, 0.15) is 31.0 Å². The van der Waals surface area contributed by atoms with E-state index in [1.54, 1.807) is 4.90 Å². The number of rotatable bonds is 4. The smallest absolute Gasteiger partial charge is 0.281 e. The highest BCUT2D eigenvalue weighted by Crippen LogP contribution is 2.27. The van der Waals surface area contributed by atoms with Gasteiger partial charge in [0.15, 0.2) is 0 Å². The minimum Gasteiger partial charge on any atom is -0.342 e. The number of imidazole rings is 1. The molecule has 1 N–H and O–H groups in total. The van der Waals surface area contributed by atoms with Crippen LogP contribution >= 0.6 is 11.8 Å².